The second-order valence-electron chi connectivity index (χ2n) is 8.77. The fraction of sp³-hybridized carbons (Fsp3) is 0.462. The minimum atomic E-state index is -0.0721. The largest absolute Gasteiger partial charge is 0.454 e. The number of rotatable bonds is 11. The summed E-state index contributed by atoms with van der Waals surface area (Å²) in [4.78, 5) is 30.9. The van der Waals surface area contributed by atoms with Gasteiger partial charge in [0.15, 0.2) is 11.5 Å². The molecular formula is C26H32N2O4S. The second-order valence-corrected chi connectivity index (χ2v) is 9.80. The van der Waals surface area contributed by atoms with E-state index in [9.17, 15) is 9.59 Å². The third-order valence-corrected chi connectivity index (χ3v) is 7.22. The van der Waals surface area contributed by atoms with Gasteiger partial charge in [-0.1, -0.05) is 43.9 Å². The number of fused-ring (bicyclic) bond motifs is 1. The van der Waals surface area contributed by atoms with E-state index in [0.29, 0.717) is 37.7 Å². The topological polar surface area (TPSA) is 59.1 Å². The maximum Gasteiger partial charge on any atom is 0.242 e. The summed E-state index contributed by atoms with van der Waals surface area (Å²) < 4.78 is 10.9. The van der Waals surface area contributed by atoms with Gasteiger partial charge in [-0.3, -0.25) is 9.59 Å². The quantitative estimate of drug-likeness (QED) is 0.436. The summed E-state index contributed by atoms with van der Waals surface area (Å²) in [6.45, 7) is 5.39. The van der Waals surface area contributed by atoms with Gasteiger partial charge in [-0.2, -0.15) is 0 Å². The lowest BCUT2D eigenvalue weighted by molar-refractivity contribution is -0.141. The van der Waals surface area contributed by atoms with Crippen molar-refractivity contribution in [3.63, 3.8) is 0 Å². The summed E-state index contributed by atoms with van der Waals surface area (Å²) in [6.07, 6.45) is 8.09. The highest BCUT2D eigenvalue weighted by atomic mass is 32.1. The van der Waals surface area contributed by atoms with Crippen LogP contribution in [0, 0.1) is 5.92 Å². The summed E-state index contributed by atoms with van der Waals surface area (Å²) in [5.74, 6) is 2.04. The lowest BCUT2D eigenvalue weighted by Crippen LogP contribution is -2.42. The van der Waals surface area contributed by atoms with Crippen molar-refractivity contribution >= 4 is 23.2 Å². The van der Waals surface area contributed by atoms with Crippen LogP contribution in [0.1, 0.15) is 49.0 Å². The molecule has 2 aromatic rings. The van der Waals surface area contributed by atoms with E-state index in [0.717, 1.165) is 22.6 Å². The first-order valence-electron chi connectivity index (χ1n) is 11.7. The molecule has 0 atom stereocenters. The molecule has 1 aromatic heterocycles. The Hall–Kier alpha value is -2.80. The third-order valence-electron chi connectivity index (χ3n) is 6.36. The van der Waals surface area contributed by atoms with E-state index in [2.05, 4.69) is 6.58 Å². The number of hydrogen-bond acceptors (Lipinski definition) is 5. The predicted octanol–water partition coefficient (Wildman–Crippen LogP) is 4.99. The molecule has 176 valence electrons. The van der Waals surface area contributed by atoms with Crippen LogP contribution in [0.25, 0.3) is 0 Å². The second kappa shape index (κ2) is 11.4. The zero-order valence-corrected chi connectivity index (χ0v) is 19.9. The first kappa shape index (κ1) is 23.4. The van der Waals surface area contributed by atoms with Crippen LogP contribution in [0.15, 0.2) is 48.4 Å². The van der Waals surface area contributed by atoms with Gasteiger partial charge < -0.3 is 19.3 Å². The Morgan fingerprint density at radius 1 is 1.06 bits per heavy atom. The molecule has 1 aromatic carbocycles. The maximum absolute atomic E-state index is 13.4. The SMILES string of the molecule is C=CCN(CC(=O)N(Cc1ccc2c(c1)OCO2)Cc1cccs1)C(=O)CCC1CCCC1. The third kappa shape index (κ3) is 6.38. The molecule has 0 radical (unpaired) electrons. The number of ether oxygens (including phenoxy) is 2. The maximum atomic E-state index is 13.4. The summed E-state index contributed by atoms with van der Waals surface area (Å²) >= 11 is 1.62. The minimum absolute atomic E-state index is 0.0364. The van der Waals surface area contributed by atoms with Crippen molar-refractivity contribution in [2.45, 2.75) is 51.6 Å². The Morgan fingerprint density at radius 2 is 1.88 bits per heavy atom. The normalized spacial score (nSPS) is 14.9. The number of carbonyl (C=O) groups is 2. The molecule has 1 fully saturated rings. The van der Waals surface area contributed by atoms with Crippen molar-refractivity contribution in [1.29, 1.82) is 0 Å². The van der Waals surface area contributed by atoms with Crippen LogP contribution in [-0.2, 0) is 22.7 Å². The summed E-state index contributed by atoms with van der Waals surface area (Å²) in [5, 5.41) is 2.01. The molecule has 0 spiro atoms. The molecular weight excluding hydrogens is 436 g/mol. The van der Waals surface area contributed by atoms with Gasteiger partial charge in [0.05, 0.1) is 6.54 Å². The van der Waals surface area contributed by atoms with E-state index >= 15 is 0 Å². The van der Waals surface area contributed by atoms with E-state index in [1.807, 2.05) is 40.6 Å². The summed E-state index contributed by atoms with van der Waals surface area (Å²) in [7, 11) is 0. The van der Waals surface area contributed by atoms with Gasteiger partial charge in [-0.05, 0) is 41.5 Å². The fourth-order valence-electron chi connectivity index (χ4n) is 4.54. The molecule has 0 saturated heterocycles. The van der Waals surface area contributed by atoms with Gasteiger partial charge in [0, 0.05) is 24.4 Å². The van der Waals surface area contributed by atoms with E-state index in [1.54, 1.807) is 22.3 Å². The minimum Gasteiger partial charge on any atom is -0.454 e. The molecule has 33 heavy (non-hydrogen) atoms. The van der Waals surface area contributed by atoms with E-state index in [4.69, 9.17) is 9.47 Å². The highest BCUT2D eigenvalue weighted by Crippen LogP contribution is 2.33. The molecule has 4 rings (SSSR count). The van der Waals surface area contributed by atoms with Crippen molar-refractivity contribution in [2.75, 3.05) is 19.9 Å². The summed E-state index contributed by atoms with van der Waals surface area (Å²) in [6, 6.07) is 9.77. The van der Waals surface area contributed by atoms with Crippen molar-refractivity contribution in [1.82, 2.24) is 9.80 Å². The molecule has 1 aliphatic carbocycles. The molecule has 2 aliphatic rings. The molecule has 2 amide bonds. The van der Waals surface area contributed by atoms with Gasteiger partial charge >= 0.3 is 0 Å². The van der Waals surface area contributed by atoms with Crippen molar-refractivity contribution in [3.05, 3.63) is 58.8 Å². The molecule has 1 aliphatic heterocycles. The zero-order valence-electron chi connectivity index (χ0n) is 19.0. The van der Waals surface area contributed by atoms with Crippen LogP contribution < -0.4 is 9.47 Å². The van der Waals surface area contributed by atoms with Crippen LogP contribution in [0.4, 0.5) is 0 Å². The Balaban J connectivity index is 1.43. The molecule has 0 N–H and O–H groups in total. The van der Waals surface area contributed by atoms with Crippen LogP contribution in [0.3, 0.4) is 0 Å². The van der Waals surface area contributed by atoms with E-state index in [1.165, 1.54) is 25.7 Å². The van der Waals surface area contributed by atoms with Crippen LogP contribution in [0.5, 0.6) is 11.5 Å². The molecule has 2 heterocycles. The number of benzene rings is 1. The number of carbonyl (C=O) groups excluding carboxylic acids is 2. The molecule has 0 unspecified atom stereocenters. The first-order chi connectivity index (χ1) is 16.1. The highest BCUT2D eigenvalue weighted by Gasteiger charge is 2.24. The number of hydrogen-bond donors (Lipinski definition) is 0. The Labute approximate surface area is 199 Å². The number of amides is 2. The predicted molar refractivity (Wildman–Crippen MR) is 129 cm³/mol. The average molecular weight is 469 g/mol. The van der Waals surface area contributed by atoms with Gasteiger partial charge in [-0.25, -0.2) is 0 Å². The Bertz CT molecular complexity index is 953. The van der Waals surface area contributed by atoms with Crippen LogP contribution in [0.2, 0.25) is 0 Å². The number of thiophene rings is 1. The molecule has 7 heteroatoms. The lowest BCUT2D eigenvalue weighted by atomic mass is 10.0. The Morgan fingerprint density at radius 3 is 2.64 bits per heavy atom. The van der Waals surface area contributed by atoms with E-state index < -0.39 is 0 Å². The lowest BCUT2D eigenvalue weighted by Gasteiger charge is -2.27. The smallest absolute Gasteiger partial charge is 0.242 e. The van der Waals surface area contributed by atoms with Gasteiger partial charge in [0.25, 0.3) is 0 Å². The zero-order chi connectivity index (χ0) is 23.0. The van der Waals surface area contributed by atoms with Gasteiger partial charge in [0.1, 0.15) is 6.54 Å². The monoisotopic (exact) mass is 468 g/mol. The highest BCUT2D eigenvalue weighted by molar-refractivity contribution is 7.09. The van der Waals surface area contributed by atoms with E-state index in [-0.39, 0.29) is 25.2 Å². The standard InChI is InChI=1S/C26H32N2O4S/c1-2-13-27(25(29)12-10-20-6-3-4-7-20)18-26(30)28(17-22-8-5-14-33-22)16-21-9-11-23-24(15-21)32-19-31-23/h2,5,8-9,11,14-15,20H,1,3-4,6-7,10,12-13,16-19H2. The molecule has 0 bridgehead atoms. The number of nitrogens with zero attached hydrogens (tertiary/aromatic N) is 2. The Kier molecular flexibility index (Phi) is 8.05. The van der Waals surface area contributed by atoms with Crippen LogP contribution >= 0.6 is 11.3 Å². The molecule has 6 nitrogen and oxygen atoms in total. The van der Waals surface area contributed by atoms with Crippen molar-refractivity contribution < 1.29 is 19.1 Å². The van der Waals surface area contributed by atoms with Crippen LogP contribution in [-0.4, -0.2) is 41.5 Å². The molecule has 1 saturated carbocycles. The fourth-order valence-corrected chi connectivity index (χ4v) is 5.26. The van der Waals surface area contributed by atoms with Gasteiger partial charge in [0.2, 0.25) is 18.6 Å². The summed E-state index contributed by atoms with van der Waals surface area (Å²) in [5.41, 5.74) is 0.965. The van der Waals surface area contributed by atoms with Crippen molar-refractivity contribution in [3.8, 4) is 11.5 Å². The van der Waals surface area contributed by atoms with Crippen molar-refractivity contribution in [2.24, 2.45) is 5.92 Å². The first-order valence-corrected chi connectivity index (χ1v) is 12.6. The van der Waals surface area contributed by atoms with Gasteiger partial charge in [-0.15, -0.1) is 17.9 Å². The average Bonchev–Trinajstić information content (AvgIpc) is 3.59.